The molecule has 0 aliphatic heterocycles. The average Bonchev–Trinajstić information content (AvgIpc) is 2.56. The van der Waals surface area contributed by atoms with Gasteiger partial charge in [0, 0.05) is 10.9 Å². The minimum absolute atomic E-state index is 0.0492. The van der Waals surface area contributed by atoms with E-state index in [9.17, 15) is 9.59 Å². The standard InChI is InChI=1S/C21H20O4/c1-5-24-20(22)19-18(15-9-7-6-8-12(15)2)16-10-13(3)14(4)11-17(16)25-21(19)23/h6-11H,5H2,1-4H3. The summed E-state index contributed by atoms with van der Waals surface area (Å²) in [5.74, 6) is -0.658. The van der Waals surface area contributed by atoms with E-state index in [2.05, 4.69) is 0 Å². The third kappa shape index (κ3) is 2.95. The number of aryl methyl sites for hydroxylation is 3. The smallest absolute Gasteiger partial charge is 0.351 e. The Morgan fingerprint density at radius 1 is 1.04 bits per heavy atom. The predicted octanol–water partition coefficient (Wildman–Crippen LogP) is 4.56. The van der Waals surface area contributed by atoms with Crippen molar-refractivity contribution in [2.75, 3.05) is 6.61 Å². The van der Waals surface area contributed by atoms with Gasteiger partial charge in [0.1, 0.15) is 5.58 Å². The van der Waals surface area contributed by atoms with Crippen LogP contribution in [0.15, 0.2) is 45.6 Å². The van der Waals surface area contributed by atoms with Crippen LogP contribution in [-0.2, 0) is 4.74 Å². The van der Waals surface area contributed by atoms with Crippen LogP contribution in [0, 0.1) is 20.8 Å². The molecule has 0 aliphatic rings. The van der Waals surface area contributed by atoms with E-state index >= 15 is 0 Å². The van der Waals surface area contributed by atoms with Gasteiger partial charge in [-0.15, -0.1) is 0 Å². The predicted molar refractivity (Wildman–Crippen MR) is 98.1 cm³/mol. The number of carbonyl (C=O) groups is 1. The quantitative estimate of drug-likeness (QED) is 0.519. The largest absolute Gasteiger partial charge is 0.462 e. The number of rotatable bonds is 3. The molecule has 0 saturated carbocycles. The van der Waals surface area contributed by atoms with Gasteiger partial charge in [-0.3, -0.25) is 0 Å². The SMILES string of the molecule is CCOC(=O)c1c(-c2ccccc2C)c2cc(C)c(C)cc2oc1=O. The van der Waals surface area contributed by atoms with Gasteiger partial charge in [-0.25, -0.2) is 9.59 Å². The molecule has 2 aromatic carbocycles. The van der Waals surface area contributed by atoms with Gasteiger partial charge in [-0.05, 0) is 62.1 Å². The molecule has 0 fully saturated rings. The van der Waals surface area contributed by atoms with Crippen molar-refractivity contribution in [1.29, 1.82) is 0 Å². The Kier molecular flexibility index (Phi) is 4.45. The second-order valence-corrected chi connectivity index (χ2v) is 6.11. The lowest BCUT2D eigenvalue weighted by Gasteiger charge is -2.14. The van der Waals surface area contributed by atoms with Gasteiger partial charge in [0.05, 0.1) is 6.61 Å². The molecular formula is C21H20O4. The molecule has 3 aromatic rings. The van der Waals surface area contributed by atoms with Gasteiger partial charge in [0.25, 0.3) is 0 Å². The summed E-state index contributed by atoms with van der Waals surface area (Å²) in [5, 5.41) is 0.736. The third-order valence-electron chi connectivity index (χ3n) is 4.42. The van der Waals surface area contributed by atoms with E-state index in [-0.39, 0.29) is 12.2 Å². The van der Waals surface area contributed by atoms with Crippen LogP contribution in [0.3, 0.4) is 0 Å². The van der Waals surface area contributed by atoms with Crippen molar-refractivity contribution in [2.45, 2.75) is 27.7 Å². The van der Waals surface area contributed by atoms with E-state index in [1.807, 2.05) is 57.2 Å². The molecule has 0 amide bonds. The van der Waals surface area contributed by atoms with Crippen LogP contribution in [-0.4, -0.2) is 12.6 Å². The van der Waals surface area contributed by atoms with E-state index in [1.54, 1.807) is 6.92 Å². The number of fused-ring (bicyclic) bond motifs is 1. The van der Waals surface area contributed by atoms with Gasteiger partial charge in [-0.1, -0.05) is 24.3 Å². The second kappa shape index (κ2) is 6.55. The molecule has 4 heteroatoms. The van der Waals surface area contributed by atoms with Gasteiger partial charge in [0.2, 0.25) is 0 Å². The maximum atomic E-state index is 12.6. The van der Waals surface area contributed by atoms with Crippen molar-refractivity contribution >= 4 is 16.9 Å². The second-order valence-electron chi connectivity index (χ2n) is 6.11. The molecule has 25 heavy (non-hydrogen) atoms. The number of esters is 1. The lowest BCUT2D eigenvalue weighted by molar-refractivity contribution is 0.0523. The molecular weight excluding hydrogens is 316 g/mol. The molecule has 128 valence electrons. The Hall–Kier alpha value is -2.88. The molecule has 4 nitrogen and oxygen atoms in total. The summed E-state index contributed by atoms with van der Waals surface area (Å²) >= 11 is 0. The monoisotopic (exact) mass is 336 g/mol. The first-order valence-electron chi connectivity index (χ1n) is 8.25. The number of hydrogen-bond acceptors (Lipinski definition) is 4. The van der Waals surface area contributed by atoms with E-state index in [1.165, 1.54) is 0 Å². The lowest BCUT2D eigenvalue weighted by Crippen LogP contribution is -2.19. The zero-order chi connectivity index (χ0) is 18.1. The van der Waals surface area contributed by atoms with Crippen LogP contribution < -0.4 is 5.63 Å². The van der Waals surface area contributed by atoms with Crippen molar-refractivity contribution < 1.29 is 13.9 Å². The van der Waals surface area contributed by atoms with Crippen molar-refractivity contribution in [3.63, 3.8) is 0 Å². The zero-order valence-electron chi connectivity index (χ0n) is 14.8. The number of hydrogen-bond donors (Lipinski definition) is 0. The molecule has 3 rings (SSSR count). The fourth-order valence-electron chi connectivity index (χ4n) is 2.98. The average molecular weight is 336 g/mol. The molecule has 0 N–H and O–H groups in total. The summed E-state index contributed by atoms with van der Waals surface area (Å²) in [7, 11) is 0. The summed E-state index contributed by atoms with van der Waals surface area (Å²) in [6.45, 7) is 7.80. The maximum Gasteiger partial charge on any atom is 0.351 e. The summed E-state index contributed by atoms with van der Waals surface area (Å²) in [6.07, 6.45) is 0. The highest BCUT2D eigenvalue weighted by molar-refractivity contribution is 6.06. The maximum absolute atomic E-state index is 12.6. The fourth-order valence-corrected chi connectivity index (χ4v) is 2.98. The Bertz CT molecular complexity index is 1030. The van der Waals surface area contributed by atoms with Crippen molar-refractivity contribution in [2.24, 2.45) is 0 Å². The number of benzene rings is 2. The zero-order valence-corrected chi connectivity index (χ0v) is 14.8. The summed E-state index contributed by atoms with van der Waals surface area (Å²) in [4.78, 5) is 25.1. The molecule has 0 saturated heterocycles. The highest BCUT2D eigenvalue weighted by atomic mass is 16.5. The van der Waals surface area contributed by atoms with E-state index in [0.717, 1.165) is 27.6 Å². The molecule has 0 bridgehead atoms. The molecule has 0 unspecified atom stereocenters. The molecule has 0 spiro atoms. The molecule has 1 heterocycles. The Morgan fingerprint density at radius 3 is 2.40 bits per heavy atom. The van der Waals surface area contributed by atoms with Crippen LogP contribution in [0.25, 0.3) is 22.1 Å². The Morgan fingerprint density at radius 2 is 1.72 bits per heavy atom. The Balaban J connectivity index is 2.50. The topological polar surface area (TPSA) is 56.5 Å². The van der Waals surface area contributed by atoms with Crippen LogP contribution in [0.1, 0.15) is 34.0 Å². The van der Waals surface area contributed by atoms with Gasteiger partial charge in [0.15, 0.2) is 5.56 Å². The highest BCUT2D eigenvalue weighted by Crippen LogP contribution is 2.34. The minimum atomic E-state index is -0.674. The van der Waals surface area contributed by atoms with Crippen LogP contribution in [0.5, 0.6) is 0 Å². The lowest BCUT2D eigenvalue weighted by atomic mass is 9.92. The normalized spacial score (nSPS) is 10.9. The molecule has 0 atom stereocenters. The first-order valence-corrected chi connectivity index (χ1v) is 8.25. The van der Waals surface area contributed by atoms with Gasteiger partial charge >= 0.3 is 11.6 Å². The van der Waals surface area contributed by atoms with Crippen LogP contribution in [0.2, 0.25) is 0 Å². The van der Waals surface area contributed by atoms with E-state index in [4.69, 9.17) is 9.15 Å². The third-order valence-corrected chi connectivity index (χ3v) is 4.42. The first kappa shape index (κ1) is 17.0. The van der Waals surface area contributed by atoms with Crippen molar-refractivity contribution in [3.8, 4) is 11.1 Å². The van der Waals surface area contributed by atoms with Crippen LogP contribution >= 0.6 is 0 Å². The van der Waals surface area contributed by atoms with Gasteiger partial charge in [-0.2, -0.15) is 0 Å². The highest BCUT2D eigenvalue weighted by Gasteiger charge is 2.24. The van der Waals surface area contributed by atoms with Gasteiger partial charge < -0.3 is 9.15 Å². The molecule has 0 aliphatic carbocycles. The van der Waals surface area contributed by atoms with Crippen molar-refractivity contribution in [1.82, 2.24) is 0 Å². The fraction of sp³-hybridized carbons (Fsp3) is 0.238. The minimum Gasteiger partial charge on any atom is -0.462 e. The molecule has 1 aromatic heterocycles. The molecule has 0 radical (unpaired) electrons. The summed E-state index contributed by atoms with van der Waals surface area (Å²) in [6, 6.07) is 11.5. The van der Waals surface area contributed by atoms with E-state index < -0.39 is 11.6 Å². The van der Waals surface area contributed by atoms with Crippen LogP contribution in [0.4, 0.5) is 0 Å². The first-order chi connectivity index (χ1) is 11.9. The van der Waals surface area contributed by atoms with Crippen molar-refractivity contribution in [3.05, 3.63) is 69.1 Å². The number of carbonyl (C=O) groups excluding carboxylic acids is 1. The Labute approximate surface area is 146 Å². The summed E-state index contributed by atoms with van der Waals surface area (Å²) in [5.41, 5.74) is 4.20. The number of ether oxygens (including phenoxy) is 1. The van der Waals surface area contributed by atoms with E-state index in [0.29, 0.717) is 11.1 Å². The summed E-state index contributed by atoms with van der Waals surface area (Å²) < 4.78 is 10.6.